The molecule has 1 aliphatic rings. The van der Waals surface area contributed by atoms with Gasteiger partial charge in [-0.2, -0.15) is 0 Å². The van der Waals surface area contributed by atoms with E-state index in [1.165, 1.54) is 11.1 Å². The fraction of sp³-hybridized carbons (Fsp3) is 0.368. The minimum absolute atomic E-state index is 0.309. The van der Waals surface area contributed by atoms with Crippen LogP contribution >= 0.6 is 0 Å². The predicted molar refractivity (Wildman–Crippen MR) is 86.3 cm³/mol. The van der Waals surface area contributed by atoms with Crippen molar-refractivity contribution in [3.05, 3.63) is 71.8 Å². The Morgan fingerprint density at radius 2 is 1.67 bits per heavy atom. The fourth-order valence-electron chi connectivity index (χ4n) is 3.09. The van der Waals surface area contributed by atoms with Gasteiger partial charge in [0.2, 0.25) is 0 Å². The van der Waals surface area contributed by atoms with Crippen molar-refractivity contribution in [3.8, 4) is 0 Å². The Morgan fingerprint density at radius 1 is 1.00 bits per heavy atom. The monoisotopic (exact) mass is 281 g/mol. The molecule has 1 heterocycles. The third-order valence-electron chi connectivity index (χ3n) is 4.29. The van der Waals surface area contributed by atoms with Crippen LogP contribution in [0.4, 0.5) is 0 Å². The zero-order valence-electron chi connectivity index (χ0n) is 12.6. The Bertz CT molecular complexity index is 540. The zero-order chi connectivity index (χ0) is 14.5. The molecular weight excluding hydrogens is 258 g/mol. The summed E-state index contributed by atoms with van der Waals surface area (Å²) in [6, 6.07) is 21.2. The summed E-state index contributed by atoms with van der Waals surface area (Å²) in [5.74, 6) is 0.466. The van der Waals surface area contributed by atoms with Gasteiger partial charge in [-0.05, 0) is 24.6 Å². The molecule has 0 bridgehead atoms. The van der Waals surface area contributed by atoms with Gasteiger partial charge in [-0.1, -0.05) is 60.7 Å². The number of rotatable bonds is 4. The van der Waals surface area contributed by atoms with Crippen molar-refractivity contribution in [2.24, 2.45) is 0 Å². The van der Waals surface area contributed by atoms with Gasteiger partial charge in [-0.15, -0.1) is 0 Å². The van der Waals surface area contributed by atoms with Gasteiger partial charge in [-0.3, -0.25) is 0 Å². The molecule has 0 aliphatic carbocycles. The summed E-state index contributed by atoms with van der Waals surface area (Å²) in [6.45, 7) is 2.89. The van der Waals surface area contributed by atoms with E-state index in [0.29, 0.717) is 18.6 Å². The topological polar surface area (TPSA) is 12.5 Å². The summed E-state index contributed by atoms with van der Waals surface area (Å²) in [7, 11) is 2.20. The largest absolute Gasteiger partial charge is 0.373 e. The van der Waals surface area contributed by atoms with Gasteiger partial charge in [0.05, 0.1) is 12.7 Å². The minimum atomic E-state index is 0.309. The summed E-state index contributed by atoms with van der Waals surface area (Å²) in [5.41, 5.74) is 2.64. The lowest BCUT2D eigenvalue weighted by atomic mass is 9.88. The number of piperidine rings is 1. The van der Waals surface area contributed by atoms with Crippen molar-refractivity contribution in [2.45, 2.75) is 25.0 Å². The molecule has 0 saturated carbocycles. The van der Waals surface area contributed by atoms with E-state index in [0.717, 1.165) is 19.5 Å². The molecule has 2 aromatic carbocycles. The van der Waals surface area contributed by atoms with Gasteiger partial charge in [0.1, 0.15) is 0 Å². The molecule has 2 heteroatoms. The van der Waals surface area contributed by atoms with Crippen molar-refractivity contribution in [3.63, 3.8) is 0 Å². The van der Waals surface area contributed by atoms with Crippen LogP contribution in [0.1, 0.15) is 23.5 Å². The lowest BCUT2D eigenvalue weighted by molar-refractivity contribution is -0.0136. The summed E-state index contributed by atoms with van der Waals surface area (Å²) >= 11 is 0. The first-order valence-electron chi connectivity index (χ1n) is 7.72. The lowest BCUT2D eigenvalue weighted by Gasteiger charge is -2.37. The smallest absolute Gasteiger partial charge is 0.0720 e. The molecule has 1 fully saturated rings. The van der Waals surface area contributed by atoms with Crippen LogP contribution < -0.4 is 0 Å². The highest BCUT2D eigenvalue weighted by Gasteiger charge is 2.29. The highest BCUT2D eigenvalue weighted by atomic mass is 16.5. The fourth-order valence-corrected chi connectivity index (χ4v) is 3.09. The molecular formula is C19H23NO. The van der Waals surface area contributed by atoms with Gasteiger partial charge < -0.3 is 9.64 Å². The highest BCUT2D eigenvalue weighted by Crippen LogP contribution is 2.29. The second-order valence-electron chi connectivity index (χ2n) is 5.90. The van der Waals surface area contributed by atoms with Crippen LogP contribution in [-0.4, -0.2) is 31.1 Å². The molecule has 0 N–H and O–H groups in total. The first-order chi connectivity index (χ1) is 10.3. The second kappa shape index (κ2) is 6.88. The number of benzene rings is 2. The van der Waals surface area contributed by atoms with Gasteiger partial charge in [-0.25, -0.2) is 0 Å². The Morgan fingerprint density at radius 3 is 2.38 bits per heavy atom. The Kier molecular flexibility index (Phi) is 4.69. The van der Waals surface area contributed by atoms with Crippen molar-refractivity contribution in [1.29, 1.82) is 0 Å². The summed E-state index contributed by atoms with van der Waals surface area (Å²) < 4.78 is 6.26. The first-order valence-corrected chi connectivity index (χ1v) is 7.72. The molecule has 2 aromatic rings. The Balaban J connectivity index is 1.69. The number of nitrogens with zero attached hydrogens (tertiary/aromatic N) is 1. The van der Waals surface area contributed by atoms with Crippen molar-refractivity contribution in [2.75, 3.05) is 20.1 Å². The number of hydrogen-bond donors (Lipinski definition) is 0. The average molecular weight is 281 g/mol. The Labute approximate surface area is 127 Å². The van der Waals surface area contributed by atoms with Crippen molar-refractivity contribution < 1.29 is 4.74 Å². The van der Waals surface area contributed by atoms with Gasteiger partial charge in [0, 0.05) is 19.0 Å². The van der Waals surface area contributed by atoms with E-state index in [4.69, 9.17) is 4.74 Å². The predicted octanol–water partition coefficient (Wildman–Crippen LogP) is 3.69. The maximum Gasteiger partial charge on any atom is 0.0720 e. The van der Waals surface area contributed by atoms with Crippen LogP contribution in [0.5, 0.6) is 0 Å². The van der Waals surface area contributed by atoms with Crippen molar-refractivity contribution >= 4 is 0 Å². The number of likely N-dealkylation sites (N-methyl/N-ethyl adjacent to an activating group) is 1. The quantitative estimate of drug-likeness (QED) is 0.847. The molecule has 21 heavy (non-hydrogen) atoms. The molecule has 0 spiro atoms. The van der Waals surface area contributed by atoms with Crippen LogP contribution in [-0.2, 0) is 11.3 Å². The van der Waals surface area contributed by atoms with Gasteiger partial charge in [0.25, 0.3) is 0 Å². The van der Waals surface area contributed by atoms with E-state index in [1.54, 1.807) is 0 Å². The van der Waals surface area contributed by atoms with Gasteiger partial charge in [0.15, 0.2) is 0 Å². The zero-order valence-corrected chi connectivity index (χ0v) is 12.6. The van der Waals surface area contributed by atoms with E-state index in [9.17, 15) is 0 Å². The van der Waals surface area contributed by atoms with Crippen LogP contribution in [0, 0.1) is 0 Å². The lowest BCUT2D eigenvalue weighted by Crippen LogP contribution is -2.40. The summed E-state index contributed by atoms with van der Waals surface area (Å²) in [6.07, 6.45) is 1.41. The van der Waals surface area contributed by atoms with Crippen LogP contribution in [0.3, 0.4) is 0 Å². The second-order valence-corrected chi connectivity index (χ2v) is 5.90. The average Bonchev–Trinajstić information content (AvgIpc) is 2.55. The molecule has 1 saturated heterocycles. The van der Waals surface area contributed by atoms with E-state index >= 15 is 0 Å². The Hall–Kier alpha value is -1.64. The van der Waals surface area contributed by atoms with Crippen molar-refractivity contribution in [1.82, 2.24) is 4.90 Å². The molecule has 2 nitrogen and oxygen atoms in total. The molecule has 0 unspecified atom stereocenters. The van der Waals surface area contributed by atoms with Crippen LogP contribution in [0.25, 0.3) is 0 Å². The molecule has 110 valence electrons. The summed E-state index contributed by atoms with van der Waals surface area (Å²) in [4.78, 5) is 2.40. The van der Waals surface area contributed by atoms with E-state index < -0.39 is 0 Å². The van der Waals surface area contributed by atoms with Crippen LogP contribution in [0.15, 0.2) is 60.7 Å². The molecule has 3 rings (SSSR count). The minimum Gasteiger partial charge on any atom is -0.373 e. The molecule has 0 radical (unpaired) electrons. The van der Waals surface area contributed by atoms with E-state index in [-0.39, 0.29) is 0 Å². The molecule has 1 aliphatic heterocycles. The van der Waals surface area contributed by atoms with Gasteiger partial charge >= 0.3 is 0 Å². The highest BCUT2D eigenvalue weighted by molar-refractivity contribution is 5.22. The van der Waals surface area contributed by atoms with E-state index in [1.807, 2.05) is 6.07 Å². The third kappa shape index (κ3) is 3.72. The number of ether oxygens (including phenoxy) is 1. The molecule has 0 aromatic heterocycles. The maximum absolute atomic E-state index is 6.26. The maximum atomic E-state index is 6.26. The number of likely N-dealkylation sites (tertiary alicyclic amines) is 1. The summed E-state index contributed by atoms with van der Waals surface area (Å²) in [5, 5.41) is 0. The van der Waals surface area contributed by atoms with E-state index in [2.05, 4.69) is 66.5 Å². The standard InChI is InChI=1S/C19H23NO/c1-20-13-12-19(21-15-16-8-4-2-5-9-16)18(14-20)17-10-6-3-7-11-17/h2-11,18-19H,12-15H2,1H3/t18-,19+/m0/s1. The van der Waals surface area contributed by atoms with Crippen LogP contribution in [0.2, 0.25) is 0 Å². The molecule has 0 amide bonds. The normalized spacial score (nSPS) is 23.1. The molecule has 2 atom stereocenters. The SMILES string of the molecule is CN1CC[C@@H](OCc2ccccc2)[C@H](c2ccccc2)C1. The number of hydrogen-bond acceptors (Lipinski definition) is 2. The first kappa shape index (κ1) is 14.3. The third-order valence-corrected chi connectivity index (χ3v) is 4.29.